The van der Waals surface area contributed by atoms with Crippen LogP contribution in [0, 0.1) is 0 Å². The summed E-state index contributed by atoms with van der Waals surface area (Å²) in [7, 11) is 0. The largest absolute Gasteiger partial charge is 0.489 e. The zero-order valence-electron chi connectivity index (χ0n) is 11.6. The van der Waals surface area contributed by atoms with Crippen LogP contribution >= 0.6 is 23.2 Å². The number of aromatic carboxylic acids is 1. The van der Waals surface area contributed by atoms with Gasteiger partial charge in [0.15, 0.2) is 5.75 Å². The summed E-state index contributed by atoms with van der Waals surface area (Å²) < 4.78 is 5.55. The molecule has 0 unspecified atom stereocenters. The zero-order chi connectivity index (χ0) is 15.7. The Bertz CT molecular complexity index is 719. The van der Waals surface area contributed by atoms with Gasteiger partial charge >= 0.3 is 5.97 Å². The fourth-order valence-corrected chi connectivity index (χ4v) is 2.93. The van der Waals surface area contributed by atoms with Crippen LogP contribution in [0.1, 0.15) is 15.9 Å². The molecule has 1 aliphatic rings. The summed E-state index contributed by atoms with van der Waals surface area (Å²) in [6.45, 7) is 1.70. The van der Waals surface area contributed by atoms with E-state index in [0.717, 1.165) is 5.56 Å². The fraction of sp³-hybridized carbons (Fsp3) is 0.188. The molecule has 0 atom stereocenters. The van der Waals surface area contributed by atoms with E-state index in [2.05, 4.69) is 0 Å². The van der Waals surface area contributed by atoms with Crippen LogP contribution in [0.3, 0.4) is 0 Å². The van der Waals surface area contributed by atoms with Crippen LogP contribution in [0.25, 0.3) is 0 Å². The Labute approximate surface area is 137 Å². The Morgan fingerprint density at radius 1 is 1.27 bits per heavy atom. The lowest BCUT2D eigenvalue weighted by Crippen LogP contribution is -2.33. The van der Waals surface area contributed by atoms with E-state index in [9.17, 15) is 9.90 Å². The average Bonchev–Trinajstić information content (AvgIpc) is 2.50. The monoisotopic (exact) mass is 337 g/mol. The van der Waals surface area contributed by atoms with Crippen molar-refractivity contribution in [2.75, 3.05) is 18.1 Å². The van der Waals surface area contributed by atoms with Crippen LogP contribution in [0.5, 0.6) is 5.75 Å². The second-order valence-corrected chi connectivity index (χ2v) is 5.74. The SMILES string of the molecule is O=C(O)c1c(Cl)c(Cl)cc2c1OCCN2Cc1ccccc1. The van der Waals surface area contributed by atoms with Crippen molar-refractivity contribution < 1.29 is 14.6 Å². The molecule has 1 heterocycles. The third kappa shape index (κ3) is 2.72. The van der Waals surface area contributed by atoms with Gasteiger partial charge in [-0.1, -0.05) is 53.5 Å². The number of fused-ring (bicyclic) bond motifs is 1. The van der Waals surface area contributed by atoms with E-state index in [1.54, 1.807) is 6.07 Å². The topological polar surface area (TPSA) is 49.8 Å². The molecule has 6 heteroatoms. The van der Waals surface area contributed by atoms with Crippen molar-refractivity contribution in [2.24, 2.45) is 0 Å². The van der Waals surface area contributed by atoms with Crippen molar-refractivity contribution in [3.05, 3.63) is 57.6 Å². The molecule has 0 amide bonds. The van der Waals surface area contributed by atoms with E-state index in [1.165, 1.54) is 0 Å². The molecular weight excluding hydrogens is 325 g/mol. The normalized spacial score (nSPS) is 13.5. The summed E-state index contributed by atoms with van der Waals surface area (Å²) >= 11 is 12.1. The van der Waals surface area contributed by atoms with Gasteiger partial charge in [-0.05, 0) is 11.6 Å². The maximum atomic E-state index is 11.5. The molecule has 3 rings (SSSR count). The third-order valence-electron chi connectivity index (χ3n) is 3.53. The number of carbonyl (C=O) groups is 1. The van der Waals surface area contributed by atoms with Gasteiger partial charge in [-0.3, -0.25) is 0 Å². The molecular formula is C16H13Cl2NO3. The van der Waals surface area contributed by atoms with E-state index in [1.807, 2.05) is 35.2 Å². The minimum Gasteiger partial charge on any atom is -0.489 e. The molecule has 1 N–H and O–H groups in total. The number of anilines is 1. The van der Waals surface area contributed by atoms with Gasteiger partial charge in [0, 0.05) is 6.54 Å². The lowest BCUT2D eigenvalue weighted by Gasteiger charge is -2.32. The van der Waals surface area contributed by atoms with Crippen LogP contribution in [-0.2, 0) is 6.54 Å². The maximum absolute atomic E-state index is 11.5. The Kier molecular flexibility index (Phi) is 4.14. The lowest BCUT2D eigenvalue weighted by atomic mass is 10.1. The predicted molar refractivity (Wildman–Crippen MR) is 86.4 cm³/mol. The van der Waals surface area contributed by atoms with E-state index < -0.39 is 5.97 Å². The minimum absolute atomic E-state index is 0.00878. The van der Waals surface area contributed by atoms with Gasteiger partial charge < -0.3 is 14.7 Å². The summed E-state index contributed by atoms with van der Waals surface area (Å²) in [5.41, 5.74) is 1.70. The Balaban J connectivity index is 2.05. The molecule has 0 aromatic heterocycles. The van der Waals surface area contributed by atoms with Gasteiger partial charge in [0.25, 0.3) is 0 Å². The van der Waals surface area contributed by atoms with Crippen LogP contribution < -0.4 is 9.64 Å². The highest BCUT2D eigenvalue weighted by molar-refractivity contribution is 6.44. The number of rotatable bonds is 3. The first-order valence-corrected chi connectivity index (χ1v) is 7.50. The Morgan fingerprint density at radius 2 is 2.00 bits per heavy atom. The summed E-state index contributed by atoms with van der Waals surface area (Å²) in [4.78, 5) is 13.5. The first-order valence-electron chi connectivity index (χ1n) is 6.75. The summed E-state index contributed by atoms with van der Waals surface area (Å²) in [6.07, 6.45) is 0. The van der Waals surface area contributed by atoms with Gasteiger partial charge in [0.05, 0.1) is 22.3 Å². The Morgan fingerprint density at radius 3 is 2.68 bits per heavy atom. The number of nitrogens with zero attached hydrogens (tertiary/aromatic N) is 1. The van der Waals surface area contributed by atoms with Gasteiger partial charge in [-0.25, -0.2) is 4.79 Å². The second-order valence-electron chi connectivity index (χ2n) is 4.96. The summed E-state index contributed by atoms with van der Waals surface area (Å²) in [6, 6.07) is 11.6. The molecule has 1 aliphatic heterocycles. The molecule has 2 aromatic carbocycles. The summed E-state index contributed by atoms with van der Waals surface area (Å²) in [5.74, 6) is -0.866. The second kappa shape index (κ2) is 6.07. The minimum atomic E-state index is -1.15. The van der Waals surface area contributed by atoms with Crippen molar-refractivity contribution in [1.82, 2.24) is 0 Å². The van der Waals surface area contributed by atoms with Crippen LogP contribution in [0.4, 0.5) is 5.69 Å². The predicted octanol–water partition coefficient (Wildman–Crippen LogP) is 4.09. The van der Waals surface area contributed by atoms with Crippen LogP contribution in [0.15, 0.2) is 36.4 Å². The highest BCUT2D eigenvalue weighted by atomic mass is 35.5. The molecule has 4 nitrogen and oxygen atoms in total. The molecule has 0 radical (unpaired) electrons. The van der Waals surface area contributed by atoms with E-state index in [0.29, 0.717) is 25.4 Å². The van der Waals surface area contributed by atoms with Crippen molar-refractivity contribution in [3.8, 4) is 5.75 Å². The average molecular weight is 338 g/mol. The van der Waals surface area contributed by atoms with Crippen molar-refractivity contribution >= 4 is 34.9 Å². The molecule has 0 aliphatic carbocycles. The van der Waals surface area contributed by atoms with Gasteiger partial charge in [0.1, 0.15) is 12.2 Å². The van der Waals surface area contributed by atoms with Gasteiger partial charge in [0.2, 0.25) is 0 Å². The number of carboxylic acid groups (broad SMARTS) is 1. The van der Waals surface area contributed by atoms with Crippen molar-refractivity contribution in [1.29, 1.82) is 0 Å². The highest BCUT2D eigenvalue weighted by Gasteiger charge is 2.28. The number of benzene rings is 2. The number of hydrogen-bond acceptors (Lipinski definition) is 3. The van der Waals surface area contributed by atoms with Crippen LogP contribution in [0.2, 0.25) is 10.0 Å². The number of halogens is 2. The lowest BCUT2D eigenvalue weighted by molar-refractivity contribution is 0.0692. The number of hydrogen-bond donors (Lipinski definition) is 1. The quantitative estimate of drug-likeness (QED) is 0.916. The first kappa shape index (κ1) is 15.0. The summed E-state index contributed by atoms with van der Waals surface area (Å²) in [5, 5.41) is 9.60. The maximum Gasteiger partial charge on any atom is 0.341 e. The van der Waals surface area contributed by atoms with Gasteiger partial charge in [-0.2, -0.15) is 0 Å². The smallest absolute Gasteiger partial charge is 0.341 e. The highest BCUT2D eigenvalue weighted by Crippen LogP contribution is 2.43. The molecule has 2 aromatic rings. The van der Waals surface area contributed by atoms with Crippen molar-refractivity contribution in [2.45, 2.75) is 6.54 Å². The molecule has 114 valence electrons. The van der Waals surface area contributed by atoms with Crippen LogP contribution in [-0.4, -0.2) is 24.2 Å². The molecule has 0 saturated heterocycles. The molecule has 0 saturated carbocycles. The molecule has 0 fully saturated rings. The van der Waals surface area contributed by atoms with E-state index >= 15 is 0 Å². The van der Waals surface area contributed by atoms with Gasteiger partial charge in [-0.15, -0.1) is 0 Å². The zero-order valence-corrected chi connectivity index (χ0v) is 13.1. The standard InChI is InChI=1S/C16H13Cl2NO3/c17-11-8-12-15(13(14(11)18)16(20)21)22-7-6-19(12)9-10-4-2-1-3-5-10/h1-5,8H,6-7,9H2,(H,20,21). The van der Waals surface area contributed by atoms with E-state index in [4.69, 9.17) is 27.9 Å². The first-order chi connectivity index (χ1) is 10.6. The molecule has 0 bridgehead atoms. The van der Waals surface area contributed by atoms with Crippen molar-refractivity contribution in [3.63, 3.8) is 0 Å². The van der Waals surface area contributed by atoms with E-state index in [-0.39, 0.29) is 21.4 Å². The molecule has 0 spiro atoms. The fourth-order valence-electron chi connectivity index (χ4n) is 2.51. The molecule has 22 heavy (non-hydrogen) atoms. The third-order valence-corrected chi connectivity index (χ3v) is 4.32. The number of carboxylic acids is 1. The Hall–Kier alpha value is -1.91. The number of ether oxygens (including phenoxy) is 1.